The first kappa shape index (κ1) is 15.9. The van der Waals surface area contributed by atoms with E-state index in [-0.39, 0.29) is 0 Å². The summed E-state index contributed by atoms with van der Waals surface area (Å²) in [7, 11) is -3.95. The molecule has 0 radical (unpaired) electrons. The van der Waals surface area contributed by atoms with Gasteiger partial charge in [-0.1, -0.05) is 0 Å². The predicted molar refractivity (Wildman–Crippen MR) is 71.7 cm³/mol. The molecule has 0 aromatic carbocycles. The number of sulfonamides is 1. The van der Waals surface area contributed by atoms with Crippen molar-refractivity contribution in [3.05, 3.63) is 18.0 Å². The van der Waals surface area contributed by atoms with Crippen molar-refractivity contribution >= 4 is 21.8 Å². The van der Waals surface area contributed by atoms with E-state index in [0.717, 1.165) is 12.4 Å². The summed E-state index contributed by atoms with van der Waals surface area (Å²) >= 11 is 1.62. The van der Waals surface area contributed by atoms with E-state index in [4.69, 9.17) is 5.26 Å². The summed E-state index contributed by atoms with van der Waals surface area (Å²) in [6, 6.07) is 1.61. The summed E-state index contributed by atoms with van der Waals surface area (Å²) in [5, 5.41) is 9.08. The van der Waals surface area contributed by atoms with Crippen LogP contribution in [0, 0.1) is 11.3 Å². The van der Waals surface area contributed by atoms with Gasteiger partial charge in [-0.3, -0.25) is 4.98 Å². The highest BCUT2D eigenvalue weighted by atomic mass is 32.2. The van der Waals surface area contributed by atoms with Gasteiger partial charge in [-0.2, -0.15) is 30.1 Å². The number of aromatic nitrogens is 1. The van der Waals surface area contributed by atoms with Crippen LogP contribution in [0.4, 0.5) is 8.78 Å². The van der Waals surface area contributed by atoms with Gasteiger partial charge in [0.15, 0.2) is 5.75 Å². The molecule has 0 spiro atoms. The fourth-order valence-corrected chi connectivity index (χ4v) is 4.51. The van der Waals surface area contributed by atoms with E-state index in [0.29, 0.717) is 24.6 Å². The first-order valence-corrected chi connectivity index (χ1v) is 8.47. The van der Waals surface area contributed by atoms with Crippen LogP contribution in [0.15, 0.2) is 17.3 Å². The third-order valence-corrected chi connectivity index (χ3v) is 5.64. The molecule has 1 fully saturated rings. The Hall–Kier alpha value is -1.44. The smallest absolute Gasteiger partial charge is 0.387 e. The van der Waals surface area contributed by atoms with Crippen LogP contribution in [0.3, 0.4) is 0 Å². The summed E-state index contributed by atoms with van der Waals surface area (Å²) < 4.78 is 54.9. The Morgan fingerprint density at radius 1 is 1.38 bits per heavy atom. The van der Waals surface area contributed by atoms with Crippen molar-refractivity contribution in [2.24, 2.45) is 0 Å². The van der Waals surface area contributed by atoms with Crippen LogP contribution in [-0.4, -0.2) is 48.9 Å². The molecule has 0 atom stereocenters. The number of nitriles is 1. The lowest BCUT2D eigenvalue weighted by atomic mass is 10.3. The predicted octanol–water partition coefficient (Wildman–Crippen LogP) is 1.29. The minimum Gasteiger partial charge on any atom is -0.432 e. The van der Waals surface area contributed by atoms with Crippen LogP contribution in [0.25, 0.3) is 0 Å². The Kier molecular flexibility index (Phi) is 4.97. The van der Waals surface area contributed by atoms with Crippen LogP contribution in [0.5, 0.6) is 5.75 Å². The summed E-state index contributed by atoms with van der Waals surface area (Å²) in [6.45, 7) is -2.56. The minimum atomic E-state index is -3.95. The van der Waals surface area contributed by atoms with Gasteiger partial charge in [-0.25, -0.2) is 8.42 Å². The number of nitrogens with zero attached hydrogens (tertiary/aromatic N) is 3. The number of hydrogen-bond acceptors (Lipinski definition) is 6. The normalized spacial score (nSPS) is 16.7. The molecule has 2 rings (SSSR count). The monoisotopic (exact) mass is 335 g/mol. The van der Waals surface area contributed by atoms with Gasteiger partial charge in [-0.05, 0) is 0 Å². The second-order valence-electron chi connectivity index (χ2n) is 4.02. The molecule has 1 aliphatic heterocycles. The highest BCUT2D eigenvalue weighted by Crippen LogP contribution is 2.28. The van der Waals surface area contributed by atoms with Gasteiger partial charge in [0, 0.05) is 30.8 Å². The summed E-state index contributed by atoms with van der Waals surface area (Å²) in [5.74, 6) is 0.740. The lowest BCUT2D eigenvalue weighted by molar-refractivity contribution is -0.0504. The number of halogens is 2. The number of pyridine rings is 1. The fraction of sp³-hybridized carbons (Fsp3) is 0.455. The van der Waals surface area contributed by atoms with Crippen LogP contribution in [0.2, 0.25) is 0 Å². The van der Waals surface area contributed by atoms with Crippen LogP contribution < -0.4 is 4.74 Å². The largest absolute Gasteiger partial charge is 0.432 e. The molecule has 2 heterocycles. The summed E-state index contributed by atoms with van der Waals surface area (Å²) in [6.07, 6.45) is 1.88. The zero-order valence-corrected chi connectivity index (χ0v) is 12.3. The van der Waals surface area contributed by atoms with E-state index in [2.05, 4.69) is 9.72 Å². The average Bonchev–Trinajstić information content (AvgIpc) is 2.47. The Balaban J connectivity index is 2.45. The van der Waals surface area contributed by atoms with E-state index in [1.165, 1.54) is 4.31 Å². The topological polar surface area (TPSA) is 83.3 Å². The van der Waals surface area contributed by atoms with Crippen molar-refractivity contribution in [2.75, 3.05) is 24.6 Å². The van der Waals surface area contributed by atoms with Crippen molar-refractivity contribution in [1.82, 2.24) is 9.29 Å². The first-order valence-electron chi connectivity index (χ1n) is 5.87. The Labute approximate surface area is 124 Å². The van der Waals surface area contributed by atoms with Crippen molar-refractivity contribution in [3.8, 4) is 11.8 Å². The van der Waals surface area contributed by atoms with Crippen LogP contribution in [-0.2, 0) is 10.0 Å². The molecule has 1 saturated heterocycles. The van der Waals surface area contributed by atoms with Gasteiger partial charge in [0.2, 0.25) is 10.0 Å². The third kappa shape index (κ3) is 3.42. The molecule has 0 unspecified atom stereocenters. The zero-order chi connectivity index (χ0) is 15.5. The average molecular weight is 335 g/mol. The van der Waals surface area contributed by atoms with Gasteiger partial charge < -0.3 is 4.74 Å². The molecule has 6 nitrogen and oxygen atoms in total. The van der Waals surface area contributed by atoms with Crippen LogP contribution >= 0.6 is 11.8 Å². The number of ether oxygens (including phenoxy) is 1. The highest BCUT2D eigenvalue weighted by molar-refractivity contribution is 7.99. The quantitative estimate of drug-likeness (QED) is 0.824. The molecule has 0 bridgehead atoms. The molecule has 1 aliphatic rings. The SMILES string of the molecule is N#Cc1c(OC(F)F)cncc1S(=O)(=O)N1CCSCC1. The van der Waals surface area contributed by atoms with Crippen molar-refractivity contribution < 1.29 is 21.9 Å². The maximum atomic E-state index is 12.5. The molecular weight excluding hydrogens is 324 g/mol. The lowest BCUT2D eigenvalue weighted by Gasteiger charge is -2.26. The molecular formula is C11H11F2N3O3S2. The van der Waals surface area contributed by atoms with E-state index in [9.17, 15) is 17.2 Å². The van der Waals surface area contributed by atoms with E-state index in [1.807, 2.05) is 0 Å². The second kappa shape index (κ2) is 6.55. The standard InChI is InChI=1S/C11H11F2N3O3S2/c12-11(13)19-9-6-15-7-10(8(9)5-14)21(17,18)16-1-3-20-4-2-16/h6-7,11H,1-4H2. The van der Waals surface area contributed by atoms with E-state index in [1.54, 1.807) is 17.8 Å². The highest BCUT2D eigenvalue weighted by Gasteiger charge is 2.30. The maximum Gasteiger partial charge on any atom is 0.387 e. The van der Waals surface area contributed by atoms with Gasteiger partial charge in [0.1, 0.15) is 16.5 Å². The van der Waals surface area contributed by atoms with Crippen molar-refractivity contribution in [3.63, 3.8) is 0 Å². The zero-order valence-electron chi connectivity index (χ0n) is 10.7. The molecule has 1 aromatic rings. The Bertz CT molecular complexity index is 655. The molecule has 0 aliphatic carbocycles. The number of hydrogen-bond donors (Lipinski definition) is 0. The molecule has 114 valence electrons. The molecule has 10 heteroatoms. The second-order valence-corrected chi connectivity index (χ2v) is 7.15. The Morgan fingerprint density at radius 2 is 2.05 bits per heavy atom. The van der Waals surface area contributed by atoms with Crippen LogP contribution in [0.1, 0.15) is 5.56 Å². The molecule has 1 aromatic heterocycles. The minimum absolute atomic E-state index is 0.303. The van der Waals surface area contributed by atoms with E-state index < -0.39 is 32.8 Å². The molecule has 0 amide bonds. The summed E-state index contributed by atoms with van der Waals surface area (Å²) in [4.78, 5) is 3.18. The van der Waals surface area contributed by atoms with Crippen molar-refractivity contribution in [2.45, 2.75) is 11.5 Å². The lowest BCUT2D eigenvalue weighted by Crippen LogP contribution is -2.38. The third-order valence-electron chi connectivity index (χ3n) is 2.79. The summed E-state index contributed by atoms with van der Waals surface area (Å²) in [5.41, 5.74) is -0.455. The number of alkyl halides is 2. The number of thioether (sulfide) groups is 1. The van der Waals surface area contributed by atoms with Gasteiger partial charge in [-0.15, -0.1) is 0 Å². The number of rotatable bonds is 4. The Morgan fingerprint density at radius 3 is 2.62 bits per heavy atom. The van der Waals surface area contributed by atoms with Crippen molar-refractivity contribution in [1.29, 1.82) is 5.26 Å². The first-order chi connectivity index (χ1) is 9.96. The van der Waals surface area contributed by atoms with Gasteiger partial charge >= 0.3 is 6.61 Å². The van der Waals surface area contributed by atoms with Gasteiger partial charge in [0.05, 0.1) is 6.20 Å². The molecule has 0 saturated carbocycles. The maximum absolute atomic E-state index is 12.5. The molecule has 21 heavy (non-hydrogen) atoms. The molecule has 0 N–H and O–H groups in total. The van der Waals surface area contributed by atoms with E-state index >= 15 is 0 Å². The fourth-order valence-electron chi connectivity index (χ4n) is 1.84. The van der Waals surface area contributed by atoms with Gasteiger partial charge in [0.25, 0.3) is 0 Å².